The number of esters is 1. The summed E-state index contributed by atoms with van der Waals surface area (Å²) in [6.45, 7) is 0. The molecule has 3 rings (SSSR count). The Morgan fingerprint density at radius 2 is 1.74 bits per heavy atom. The quantitative estimate of drug-likeness (QED) is 0.635. The fraction of sp³-hybridized carbons (Fsp3) is 0.0500. The van der Waals surface area contributed by atoms with Crippen LogP contribution >= 0.6 is 11.6 Å². The molecular formula is C20H16ClN3O3. The van der Waals surface area contributed by atoms with Crippen LogP contribution in [0.2, 0.25) is 5.02 Å². The van der Waals surface area contributed by atoms with Crippen molar-refractivity contribution >= 4 is 40.7 Å². The SMILES string of the molecule is COC(=O)c1cccc(NC(=O)c2ccc(Nc3cccc(Cl)c3)nc2)c1. The molecule has 0 atom stereocenters. The lowest BCUT2D eigenvalue weighted by Gasteiger charge is -2.08. The van der Waals surface area contributed by atoms with Gasteiger partial charge in [0, 0.05) is 22.6 Å². The maximum absolute atomic E-state index is 12.4. The number of nitrogens with one attached hydrogen (secondary N) is 2. The first-order valence-corrected chi connectivity index (χ1v) is 8.41. The Kier molecular flexibility index (Phi) is 5.68. The van der Waals surface area contributed by atoms with Crippen LogP contribution in [0.25, 0.3) is 0 Å². The van der Waals surface area contributed by atoms with Gasteiger partial charge in [0.15, 0.2) is 0 Å². The van der Waals surface area contributed by atoms with Crippen LogP contribution in [-0.4, -0.2) is 24.0 Å². The monoisotopic (exact) mass is 381 g/mol. The number of hydrogen-bond donors (Lipinski definition) is 2. The molecule has 0 unspecified atom stereocenters. The number of nitrogens with zero attached hydrogens (tertiary/aromatic N) is 1. The van der Waals surface area contributed by atoms with E-state index in [1.54, 1.807) is 48.5 Å². The molecule has 1 heterocycles. The Labute approximate surface area is 161 Å². The van der Waals surface area contributed by atoms with Crippen molar-refractivity contribution in [1.29, 1.82) is 0 Å². The van der Waals surface area contributed by atoms with Gasteiger partial charge in [0.05, 0.1) is 18.2 Å². The van der Waals surface area contributed by atoms with Crippen molar-refractivity contribution in [3.8, 4) is 0 Å². The van der Waals surface area contributed by atoms with Crippen molar-refractivity contribution in [2.75, 3.05) is 17.7 Å². The topological polar surface area (TPSA) is 80.3 Å². The number of aromatic nitrogens is 1. The van der Waals surface area contributed by atoms with Crippen LogP contribution < -0.4 is 10.6 Å². The first-order chi connectivity index (χ1) is 13.0. The minimum absolute atomic E-state index is 0.334. The minimum Gasteiger partial charge on any atom is -0.465 e. The summed E-state index contributed by atoms with van der Waals surface area (Å²) in [7, 11) is 1.30. The fourth-order valence-corrected chi connectivity index (χ4v) is 2.55. The van der Waals surface area contributed by atoms with Crippen molar-refractivity contribution in [1.82, 2.24) is 4.98 Å². The molecule has 0 saturated carbocycles. The summed E-state index contributed by atoms with van der Waals surface area (Å²) >= 11 is 5.95. The molecule has 1 aromatic heterocycles. The van der Waals surface area contributed by atoms with Gasteiger partial charge in [-0.05, 0) is 48.5 Å². The number of amides is 1. The first-order valence-electron chi connectivity index (χ1n) is 8.03. The molecule has 27 heavy (non-hydrogen) atoms. The number of halogens is 1. The number of carbonyl (C=O) groups excluding carboxylic acids is 2. The first kappa shape index (κ1) is 18.4. The van der Waals surface area contributed by atoms with Crippen molar-refractivity contribution in [2.24, 2.45) is 0 Å². The predicted octanol–water partition coefficient (Wildman–Crippen LogP) is 4.52. The molecule has 0 aliphatic rings. The van der Waals surface area contributed by atoms with Gasteiger partial charge in [0.1, 0.15) is 5.82 Å². The molecule has 0 fully saturated rings. The Bertz CT molecular complexity index is 974. The average Bonchev–Trinajstić information content (AvgIpc) is 2.68. The molecule has 136 valence electrons. The normalized spacial score (nSPS) is 10.1. The molecule has 0 aliphatic heterocycles. The van der Waals surface area contributed by atoms with E-state index >= 15 is 0 Å². The van der Waals surface area contributed by atoms with E-state index in [0.29, 0.717) is 27.7 Å². The molecule has 7 heteroatoms. The molecule has 1 amide bonds. The molecule has 6 nitrogen and oxygen atoms in total. The summed E-state index contributed by atoms with van der Waals surface area (Å²) in [6, 6.07) is 17.1. The van der Waals surface area contributed by atoms with Gasteiger partial charge in [-0.1, -0.05) is 23.7 Å². The second-order valence-corrected chi connectivity index (χ2v) is 6.03. The number of benzene rings is 2. The number of anilines is 3. The maximum Gasteiger partial charge on any atom is 0.337 e. The van der Waals surface area contributed by atoms with E-state index < -0.39 is 5.97 Å². The molecule has 2 aromatic carbocycles. The third kappa shape index (κ3) is 4.83. The molecule has 0 saturated heterocycles. The summed E-state index contributed by atoms with van der Waals surface area (Å²) in [4.78, 5) is 28.2. The number of pyridine rings is 1. The zero-order valence-electron chi connectivity index (χ0n) is 14.4. The highest BCUT2D eigenvalue weighted by Crippen LogP contribution is 2.19. The largest absolute Gasteiger partial charge is 0.465 e. The Morgan fingerprint density at radius 3 is 2.44 bits per heavy atom. The summed E-state index contributed by atoms with van der Waals surface area (Å²) in [5, 5.41) is 6.45. The van der Waals surface area contributed by atoms with E-state index in [-0.39, 0.29) is 5.91 Å². The number of hydrogen-bond acceptors (Lipinski definition) is 5. The summed E-state index contributed by atoms with van der Waals surface area (Å²) < 4.78 is 4.67. The zero-order valence-corrected chi connectivity index (χ0v) is 15.2. The number of methoxy groups -OCH3 is 1. The van der Waals surface area contributed by atoms with Crippen LogP contribution in [0.1, 0.15) is 20.7 Å². The van der Waals surface area contributed by atoms with E-state index in [2.05, 4.69) is 20.4 Å². The van der Waals surface area contributed by atoms with E-state index in [9.17, 15) is 9.59 Å². The minimum atomic E-state index is -0.468. The highest BCUT2D eigenvalue weighted by atomic mass is 35.5. The zero-order chi connectivity index (χ0) is 19.2. The highest BCUT2D eigenvalue weighted by molar-refractivity contribution is 6.30. The lowest BCUT2D eigenvalue weighted by atomic mass is 10.2. The molecule has 0 spiro atoms. The van der Waals surface area contributed by atoms with Gasteiger partial charge < -0.3 is 15.4 Å². The van der Waals surface area contributed by atoms with Crippen molar-refractivity contribution in [3.05, 3.63) is 83.0 Å². The van der Waals surface area contributed by atoms with Crippen LogP contribution in [-0.2, 0) is 4.74 Å². The fourth-order valence-electron chi connectivity index (χ4n) is 2.36. The van der Waals surface area contributed by atoms with Gasteiger partial charge in [-0.3, -0.25) is 4.79 Å². The van der Waals surface area contributed by atoms with Gasteiger partial charge in [-0.25, -0.2) is 9.78 Å². The summed E-state index contributed by atoms with van der Waals surface area (Å²) in [5.74, 6) is -0.218. The summed E-state index contributed by atoms with van der Waals surface area (Å²) in [5.41, 5.74) is 2.03. The molecule has 0 bridgehead atoms. The van der Waals surface area contributed by atoms with Crippen LogP contribution in [0.5, 0.6) is 0 Å². The maximum atomic E-state index is 12.4. The van der Waals surface area contributed by atoms with Crippen LogP contribution in [0.15, 0.2) is 66.9 Å². The van der Waals surface area contributed by atoms with Crippen molar-refractivity contribution < 1.29 is 14.3 Å². The lowest BCUT2D eigenvalue weighted by molar-refractivity contribution is 0.0600. The predicted molar refractivity (Wildman–Crippen MR) is 105 cm³/mol. The van der Waals surface area contributed by atoms with Crippen molar-refractivity contribution in [2.45, 2.75) is 0 Å². The van der Waals surface area contributed by atoms with E-state index in [1.807, 2.05) is 12.1 Å². The second kappa shape index (κ2) is 8.33. The second-order valence-electron chi connectivity index (χ2n) is 5.59. The highest BCUT2D eigenvalue weighted by Gasteiger charge is 2.10. The number of ether oxygens (including phenoxy) is 1. The Balaban J connectivity index is 1.68. The van der Waals surface area contributed by atoms with Crippen LogP contribution in [0.4, 0.5) is 17.2 Å². The molecular weight excluding hydrogens is 366 g/mol. The van der Waals surface area contributed by atoms with Gasteiger partial charge in [0.25, 0.3) is 5.91 Å². The van der Waals surface area contributed by atoms with Gasteiger partial charge in [-0.2, -0.15) is 0 Å². The standard InChI is InChI=1S/C20H16ClN3O3/c1-27-20(26)13-4-2-6-16(10-13)24-19(25)14-8-9-18(22-12-14)23-17-7-3-5-15(21)11-17/h2-12H,1H3,(H,22,23)(H,24,25). The van der Waals surface area contributed by atoms with E-state index in [1.165, 1.54) is 13.3 Å². The van der Waals surface area contributed by atoms with Crippen molar-refractivity contribution in [3.63, 3.8) is 0 Å². The number of rotatable bonds is 5. The Morgan fingerprint density at radius 1 is 0.963 bits per heavy atom. The van der Waals surface area contributed by atoms with E-state index in [0.717, 1.165) is 5.69 Å². The van der Waals surface area contributed by atoms with Crippen LogP contribution in [0.3, 0.4) is 0 Å². The molecule has 2 N–H and O–H groups in total. The molecule has 0 radical (unpaired) electrons. The average molecular weight is 382 g/mol. The summed E-state index contributed by atoms with van der Waals surface area (Å²) in [6.07, 6.45) is 1.46. The lowest BCUT2D eigenvalue weighted by Crippen LogP contribution is -2.13. The third-order valence-electron chi connectivity index (χ3n) is 3.66. The molecule has 0 aliphatic carbocycles. The van der Waals surface area contributed by atoms with Gasteiger partial charge in [0.2, 0.25) is 0 Å². The van der Waals surface area contributed by atoms with E-state index in [4.69, 9.17) is 11.6 Å². The van der Waals surface area contributed by atoms with Crippen LogP contribution in [0, 0.1) is 0 Å². The molecule has 3 aromatic rings. The third-order valence-corrected chi connectivity index (χ3v) is 3.90. The smallest absolute Gasteiger partial charge is 0.337 e. The Hall–Kier alpha value is -3.38. The van der Waals surface area contributed by atoms with Gasteiger partial charge >= 0.3 is 5.97 Å². The number of carbonyl (C=O) groups is 2. The van der Waals surface area contributed by atoms with Gasteiger partial charge in [-0.15, -0.1) is 0 Å².